The molecule has 0 aliphatic carbocycles. The smallest absolute Gasteiger partial charge is 0.254 e. The van der Waals surface area contributed by atoms with Gasteiger partial charge < -0.3 is 9.64 Å². The summed E-state index contributed by atoms with van der Waals surface area (Å²) in [6.45, 7) is 4.21. The van der Waals surface area contributed by atoms with E-state index >= 15 is 0 Å². The van der Waals surface area contributed by atoms with Gasteiger partial charge >= 0.3 is 0 Å². The van der Waals surface area contributed by atoms with E-state index in [4.69, 9.17) is 4.74 Å². The summed E-state index contributed by atoms with van der Waals surface area (Å²) in [6.07, 6.45) is 1.15. The van der Waals surface area contributed by atoms with Crippen molar-refractivity contribution in [1.29, 1.82) is 0 Å². The van der Waals surface area contributed by atoms with Gasteiger partial charge in [-0.2, -0.15) is 0 Å². The number of morpholine rings is 1. The molecular formula is C16H19NO4S. The first-order valence-electron chi connectivity index (χ1n) is 7.01. The normalized spacial score (nSPS) is 15.1. The van der Waals surface area contributed by atoms with Crippen LogP contribution in [-0.4, -0.2) is 57.5 Å². The van der Waals surface area contributed by atoms with E-state index < -0.39 is 9.84 Å². The third-order valence-corrected chi connectivity index (χ3v) is 3.99. The van der Waals surface area contributed by atoms with Crippen LogP contribution in [0, 0.1) is 18.8 Å². The van der Waals surface area contributed by atoms with Gasteiger partial charge in [0.05, 0.1) is 13.2 Å². The van der Waals surface area contributed by atoms with Crippen molar-refractivity contribution in [2.24, 2.45) is 0 Å². The van der Waals surface area contributed by atoms with Crippen molar-refractivity contribution in [1.82, 2.24) is 4.90 Å². The Bertz CT molecular complexity index is 722. The Morgan fingerprint density at radius 3 is 2.59 bits per heavy atom. The molecule has 0 unspecified atom stereocenters. The molecule has 0 aromatic heterocycles. The lowest BCUT2D eigenvalue weighted by Gasteiger charge is -2.27. The Morgan fingerprint density at radius 1 is 1.32 bits per heavy atom. The fraction of sp³-hybridized carbons (Fsp3) is 0.438. The lowest BCUT2D eigenvalue weighted by molar-refractivity contribution is 0.0302. The predicted molar refractivity (Wildman–Crippen MR) is 84.5 cm³/mol. The summed E-state index contributed by atoms with van der Waals surface area (Å²) in [6, 6.07) is 5.30. The maximum Gasteiger partial charge on any atom is 0.254 e. The van der Waals surface area contributed by atoms with Gasteiger partial charge in [-0.1, -0.05) is 11.8 Å². The Balaban J connectivity index is 2.14. The van der Waals surface area contributed by atoms with Crippen LogP contribution in [-0.2, 0) is 14.6 Å². The zero-order chi connectivity index (χ0) is 16.2. The minimum Gasteiger partial charge on any atom is -0.378 e. The van der Waals surface area contributed by atoms with E-state index in [-0.39, 0.29) is 11.7 Å². The van der Waals surface area contributed by atoms with Crippen molar-refractivity contribution >= 4 is 15.7 Å². The standard InChI is InChI=1S/C16H19NO4S/c1-13-12-14(4-3-11-22(2,19)20)5-6-15(13)16(18)17-7-9-21-10-8-17/h5-6,12H,7-11H2,1-2H3. The van der Waals surface area contributed by atoms with Crippen molar-refractivity contribution < 1.29 is 17.9 Å². The molecule has 1 saturated heterocycles. The van der Waals surface area contributed by atoms with Crippen LogP contribution in [0.1, 0.15) is 21.5 Å². The zero-order valence-electron chi connectivity index (χ0n) is 12.8. The summed E-state index contributed by atoms with van der Waals surface area (Å²) >= 11 is 0. The summed E-state index contributed by atoms with van der Waals surface area (Å²) in [4.78, 5) is 14.2. The maximum atomic E-state index is 12.4. The monoisotopic (exact) mass is 321 g/mol. The lowest BCUT2D eigenvalue weighted by atomic mass is 10.0. The number of carbonyl (C=O) groups excluding carboxylic acids is 1. The molecule has 1 aromatic rings. The molecule has 22 heavy (non-hydrogen) atoms. The molecule has 1 amide bonds. The average Bonchev–Trinajstić information content (AvgIpc) is 2.46. The molecule has 0 radical (unpaired) electrons. The third kappa shape index (κ3) is 4.58. The fourth-order valence-electron chi connectivity index (χ4n) is 2.19. The number of aryl methyl sites for hydroxylation is 1. The van der Waals surface area contributed by atoms with Gasteiger partial charge in [0, 0.05) is 30.5 Å². The van der Waals surface area contributed by atoms with E-state index in [0.29, 0.717) is 37.4 Å². The summed E-state index contributed by atoms with van der Waals surface area (Å²) < 4.78 is 27.3. The fourth-order valence-corrected chi connectivity index (χ4v) is 2.52. The first-order chi connectivity index (χ1) is 10.4. The highest BCUT2D eigenvalue weighted by Crippen LogP contribution is 2.14. The molecule has 0 saturated carbocycles. The molecule has 1 heterocycles. The molecule has 118 valence electrons. The van der Waals surface area contributed by atoms with Crippen LogP contribution >= 0.6 is 0 Å². The molecule has 2 rings (SSSR count). The van der Waals surface area contributed by atoms with E-state index in [1.54, 1.807) is 17.0 Å². The number of sulfone groups is 1. The van der Waals surface area contributed by atoms with E-state index in [9.17, 15) is 13.2 Å². The number of ether oxygens (including phenoxy) is 1. The first-order valence-corrected chi connectivity index (χ1v) is 9.07. The molecule has 1 aliphatic rings. The quantitative estimate of drug-likeness (QED) is 0.758. The van der Waals surface area contributed by atoms with Crippen LogP contribution < -0.4 is 0 Å². The molecular weight excluding hydrogens is 302 g/mol. The van der Waals surface area contributed by atoms with Crippen LogP contribution in [0.5, 0.6) is 0 Å². The summed E-state index contributed by atoms with van der Waals surface area (Å²) in [7, 11) is -3.09. The van der Waals surface area contributed by atoms with Crippen molar-refractivity contribution in [2.75, 3.05) is 38.3 Å². The molecule has 0 bridgehead atoms. The minimum absolute atomic E-state index is 0.00329. The molecule has 0 N–H and O–H groups in total. The van der Waals surface area contributed by atoms with Crippen LogP contribution in [0.25, 0.3) is 0 Å². The van der Waals surface area contributed by atoms with Crippen molar-refractivity contribution in [2.45, 2.75) is 6.92 Å². The Morgan fingerprint density at radius 2 is 2.00 bits per heavy atom. The first kappa shape index (κ1) is 16.5. The summed E-state index contributed by atoms with van der Waals surface area (Å²) in [5.41, 5.74) is 2.19. The molecule has 5 nitrogen and oxygen atoms in total. The third-order valence-electron chi connectivity index (χ3n) is 3.32. The Labute approximate surface area is 131 Å². The number of amides is 1. The van der Waals surface area contributed by atoms with Crippen LogP contribution in [0.15, 0.2) is 18.2 Å². The van der Waals surface area contributed by atoms with E-state index in [0.717, 1.165) is 11.8 Å². The van der Waals surface area contributed by atoms with Gasteiger partial charge in [-0.05, 0) is 30.7 Å². The van der Waals surface area contributed by atoms with Crippen molar-refractivity contribution in [3.8, 4) is 11.8 Å². The predicted octanol–water partition coefficient (Wildman–Crippen LogP) is 0.864. The Kier molecular flexibility index (Phi) is 5.22. The number of nitrogens with zero attached hydrogens (tertiary/aromatic N) is 1. The van der Waals surface area contributed by atoms with Crippen LogP contribution in [0.4, 0.5) is 0 Å². The van der Waals surface area contributed by atoms with Gasteiger partial charge in [-0.15, -0.1) is 0 Å². The highest BCUT2D eigenvalue weighted by atomic mass is 32.2. The number of rotatable bonds is 2. The summed E-state index contributed by atoms with van der Waals surface area (Å²) in [5.74, 6) is 5.28. The number of benzene rings is 1. The largest absolute Gasteiger partial charge is 0.378 e. The molecule has 6 heteroatoms. The number of hydrogen-bond acceptors (Lipinski definition) is 4. The van der Waals surface area contributed by atoms with E-state index in [2.05, 4.69) is 11.8 Å². The van der Waals surface area contributed by atoms with E-state index in [1.807, 2.05) is 13.0 Å². The van der Waals surface area contributed by atoms with Gasteiger partial charge in [-0.3, -0.25) is 4.79 Å². The lowest BCUT2D eigenvalue weighted by Crippen LogP contribution is -2.40. The second-order valence-electron chi connectivity index (χ2n) is 5.31. The SMILES string of the molecule is Cc1cc(C#CCS(C)(=O)=O)ccc1C(=O)N1CCOCC1. The summed E-state index contributed by atoms with van der Waals surface area (Å²) in [5, 5.41) is 0. The van der Waals surface area contributed by atoms with Crippen molar-refractivity contribution in [3.05, 3.63) is 34.9 Å². The maximum absolute atomic E-state index is 12.4. The van der Waals surface area contributed by atoms with Crippen LogP contribution in [0.3, 0.4) is 0 Å². The van der Waals surface area contributed by atoms with Crippen LogP contribution in [0.2, 0.25) is 0 Å². The van der Waals surface area contributed by atoms with Gasteiger partial charge in [0.2, 0.25) is 0 Å². The van der Waals surface area contributed by atoms with E-state index in [1.165, 1.54) is 0 Å². The number of hydrogen-bond donors (Lipinski definition) is 0. The van der Waals surface area contributed by atoms with Gasteiger partial charge in [-0.25, -0.2) is 8.42 Å². The zero-order valence-corrected chi connectivity index (χ0v) is 13.6. The highest BCUT2D eigenvalue weighted by molar-refractivity contribution is 7.90. The molecule has 1 fully saturated rings. The van der Waals surface area contributed by atoms with Gasteiger partial charge in [0.15, 0.2) is 9.84 Å². The van der Waals surface area contributed by atoms with Gasteiger partial charge in [0.25, 0.3) is 5.91 Å². The topological polar surface area (TPSA) is 63.7 Å². The Hall–Kier alpha value is -1.84. The highest BCUT2D eigenvalue weighted by Gasteiger charge is 2.19. The molecule has 0 spiro atoms. The molecule has 1 aliphatic heterocycles. The molecule has 0 atom stereocenters. The molecule has 1 aromatic carbocycles. The second kappa shape index (κ2) is 6.95. The minimum atomic E-state index is -3.09. The number of carbonyl (C=O) groups is 1. The average molecular weight is 321 g/mol. The second-order valence-corrected chi connectivity index (χ2v) is 7.45. The van der Waals surface area contributed by atoms with Crippen molar-refractivity contribution in [3.63, 3.8) is 0 Å². The van der Waals surface area contributed by atoms with Gasteiger partial charge in [0.1, 0.15) is 5.75 Å².